The molecule has 0 aliphatic rings. The van der Waals surface area contributed by atoms with Crippen LogP contribution in [0.15, 0.2) is 71.9 Å². The molecular formula is C22H20N2O5S2. The van der Waals surface area contributed by atoms with Gasteiger partial charge in [-0.25, -0.2) is 9.78 Å². The number of hydrogen-bond acceptors (Lipinski definition) is 8. The number of nitro benzene ring substituents is 1. The van der Waals surface area contributed by atoms with Gasteiger partial charge in [-0.1, -0.05) is 29.0 Å². The van der Waals surface area contributed by atoms with Gasteiger partial charge in [0.15, 0.2) is 0 Å². The second-order valence-electron chi connectivity index (χ2n) is 6.57. The monoisotopic (exact) mass is 456 g/mol. The molecule has 0 aliphatic heterocycles. The molecule has 160 valence electrons. The van der Waals surface area contributed by atoms with E-state index in [1.165, 1.54) is 18.2 Å². The summed E-state index contributed by atoms with van der Waals surface area (Å²) < 4.78 is 5.31. The van der Waals surface area contributed by atoms with E-state index >= 15 is 0 Å². The topological polar surface area (TPSA) is 103 Å². The summed E-state index contributed by atoms with van der Waals surface area (Å²) >= 11 is 0. The number of esters is 1. The molecular weight excluding hydrogens is 436 g/mol. The van der Waals surface area contributed by atoms with E-state index in [9.17, 15) is 20.0 Å². The van der Waals surface area contributed by atoms with Gasteiger partial charge in [-0.3, -0.25) is 10.1 Å². The number of aliphatic hydroxyl groups is 1. The van der Waals surface area contributed by atoms with Gasteiger partial charge in [0.1, 0.15) is 11.6 Å². The Balaban J connectivity index is 1.56. The Morgan fingerprint density at radius 3 is 2.61 bits per heavy atom. The highest BCUT2D eigenvalue weighted by atomic mass is 33.1. The first kappa shape index (κ1) is 22.8. The van der Waals surface area contributed by atoms with Crippen molar-refractivity contribution in [3.8, 4) is 0 Å². The summed E-state index contributed by atoms with van der Waals surface area (Å²) in [6, 6.07) is 17.3. The summed E-state index contributed by atoms with van der Waals surface area (Å²) in [7, 11) is 3.28. The Bertz CT molecular complexity index is 1050. The van der Waals surface area contributed by atoms with Crippen molar-refractivity contribution in [1.29, 1.82) is 0 Å². The summed E-state index contributed by atoms with van der Waals surface area (Å²) in [6.45, 7) is 1.58. The number of hydrogen-bond donors (Lipinski definition) is 1. The van der Waals surface area contributed by atoms with Gasteiger partial charge >= 0.3 is 5.97 Å². The second kappa shape index (κ2) is 10.9. The molecule has 1 aromatic heterocycles. The highest BCUT2D eigenvalue weighted by Crippen LogP contribution is 2.41. The van der Waals surface area contributed by atoms with Gasteiger partial charge in [0.05, 0.1) is 22.7 Å². The zero-order valence-corrected chi connectivity index (χ0v) is 18.3. The van der Waals surface area contributed by atoms with Gasteiger partial charge in [-0.05, 0) is 65.2 Å². The van der Waals surface area contributed by atoms with Crippen molar-refractivity contribution in [3.63, 3.8) is 0 Å². The molecule has 1 atom stereocenters. The number of ether oxygens (including phenoxy) is 1. The van der Waals surface area contributed by atoms with Gasteiger partial charge in [0.25, 0.3) is 5.69 Å². The Morgan fingerprint density at radius 1 is 1.19 bits per heavy atom. The van der Waals surface area contributed by atoms with E-state index < -0.39 is 17.5 Å². The van der Waals surface area contributed by atoms with Crippen molar-refractivity contribution in [3.05, 3.63) is 99.2 Å². The number of nitrogens with zero attached hydrogens (tertiary/aromatic N) is 2. The SMILES string of the molecule is CC(SSc1ccccn1)c1ccc(C(=O)OCc2ccc([N+](=O)[O-])c(CO)c2)cc1. The minimum absolute atomic E-state index is 0.0431. The van der Waals surface area contributed by atoms with Crippen LogP contribution in [0.1, 0.15) is 39.2 Å². The van der Waals surface area contributed by atoms with Gasteiger partial charge in [-0.2, -0.15) is 0 Å². The molecule has 2 aromatic carbocycles. The fraction of sp³-hybridized carbons (Fsp3) is 0.182. The van der Waals surface area contributed by atoms with Crippen LogP contribution in [-0.4, -0.2) is 21.0 Å². The average molecular weight is 457 g/mol. The number of benzene rings is 2. The van der Waals surface area contributed by atoms with Crippen LogP contribution < -0.4 is 0 Å². The van der Waals surface area contributed by atoms with Crippen LogP contribution in [0, 0.1) is 10.1 Å². The fourth-order valence-corrected chi connectivity index (χ4v) is 4.84. The van der Waals surface area contributed by atoms with Crippen molar-refractivity contribution in [2.75, 3.05) is 0 Å². The number of nitro groups is 1. The largest absolute Gasteiger partial charge is 0.457 e. The first-order valence-electron chi connectivity index (χ1n) is 9.36. The smallest absolute Gasteiger partial charge is 0.338 e. The Kier molecular flexibility index (Phi) is 8.05. The molecule has 0 spiro atoms. The number of rotatable bonds is 9. The first-order chi connectivity index (χ1) is 15.0. The van der Waals surface area contributed by atoms with E-state index in [0.29, 0.717) is 11.1 Å². The molecule has 3 aromatic rings. The lowest BCUT2D eigenvalue weighted by molar-refractivity contribution is -0.385. The molecule has 9 heteroatoms. The molecule has 1 N–H and O–H groups in total. The average Bonchev–Trinajstić information content (AvgIpc) is 2.81. The third-order valence-electron chi connectivity index (χ3n) is 4.41. The van der Waals surface area contributed by atoms with Crippen LogP contribution in [0.5, 0.6) is 0 Å². The van der Waals surface area contributed by atoms with Crippen LogP contribution in [-0.2, 0) is 18.0 Å². The summed E-state index contributed by atoms with van der Waals surface area (Å²) in [4.78, 5) is 27.0. The molecule has 31 heavy (non-hydrogen) atoms. The van der Waals surface area contributed by atoms with Crippen molar-refractivity contribution in [2.24, 2.45) is 0 Å². The van der Waals surface area contributed by atoms with Gasteiger partial charge in [0, 0.05) is 17.5 Å². The summed E-state index contributed by atoms with van der Waals surface area (Å²) in [5, 5.41) is 21.4. The predicted octanol–water partition coefficient (Wildman–Crippen LogP) is 5.34. The van der Waals surface area contributed by atoms with Gasteiger partial charge in [-0.15, -0.1) is 0 Å². The highest BCUT2D eigenvalue weighted by molar-refractivity contribution is 8.76. The highest BCUT2D eigenvalue weighted by Gasteiger charge is 2.15. The maximum Gasteiger partial charge on any atom is 0.338 e. The molecule has 0 amide bonds. The summed E-state index contributed by atoms with van der Waals surface area (Å²) in [6.07, 6.45) is 1.76. The van der Waals surface area contributed by atoms with Crippen LogP contribution in [0.25, 0.3) is 0 Å². The molecule has 0 radical (unpaired) electrons. The fourth-order valence-electron chi connectivity index (χ4n) is 2.73. The predicted molar refractivity (Wildman–Crippen MR) is 121 cm³/mol. The molecule has 0 aliphatic carbocycles. The maximum absolute atomic E-state index is 12.3. The third-order valence-corrected chi connectivity index (χ3v) is 7.15. The zero-order valence-electron chi connectivity index (χ0n) is 16.6. The molecule has 0 saturated heterocycles. The van der Waals surface area contributed by atoms with Crippen LogP contribution >= 0.6 is 21.6 Å². The number of aliphatic hydroxyl groups excluding tert-OH is 1. The lowest BCUT2D eigenvalue weighted by Crippen LogP contribution is -2.06. The normalized spacial score (nSPS) is 11.7. The Labute approximate surface area is 187 Å². The van der Waals surface area contributed by atoms with E-state index in [0.717, 1.165) is 10.6 Å². The lowest BCUT2D eigenvalue weighted by Gasteiger charge is -2.11. The number of carbonyl (C=O) groups is 1. The van der Waals surface area contributed by atoms with E-state index in [1.54, 1.807) is 39.9 Å². The van der Waals surface area contributed by atoms with Crippen LogP contribution in [0.3, 0.4) is 0 Å². The van der Waals surface area contributed by atoms with E-state index in [2.05, 4.69) is 11.9 Å². The van der Waals surface area contributed by atoms with Crippen molar-refractivity contribution < 1.29 is 19.6 Å². The molecule has 1 heterocycles. The minimum atomic E-state index is -0.558. The van der Waals surface area contributed by atoms with Crippen molar-refractivity contribution in [1.82, 2.24) is 4.98 Å². The second-order valence-corrected chi connectivity index (χ2v) is 9.13. The first-order valence-corrected chi connectivity index (χ1v) is 11.6. The molecule has 3 rings (SSSR count). The van der Waals surface area contributed by atoms with Crippen molar-refractivity contribution in [2.45, 2.75) is 30.4 Å². The van der Waals surface area contributed by atoms with E-state index in [1.807, 2.05) is 30.3 Å². The molecule has 0 bridgehead atoms. The van der Waals surface area contributed by atoms with Gasteiger partial charge in [0.2, 0.25) is 0 Å². The quantitative estimate of drug-likeness (QED) is 0.199. The maximum atomic E-state index is 12.3. The minimum Gasteiger partial charge on any atom is -0.457 e. The van der Waals surface area contributed by atoms with E-state index in [4.69, 9.17) is 4.74 Å². The van der Waals surface area contributed by atoms with Crippen LogP contribution in [0.4, 0.5) is 5.69 Å². The third kappa shape index (κ3) is 6.30. The van der Waals surface area contributed by atoms with Crippen molar-refractivity contribution >= 4 is 33.2 Å². The van der Waals surface area contributed by atoms with Gasteiger partial charge < -0.3 is 9.84 Å². The Hall–Kier alpha value is -2.88. The molecule has 0 saturated carbocycles. The number of carbonyl (C=O) groups excluding carboxylic acids is 1. The molecule has 1 unspecified atom stereocenters. The number of pyridine rings is 1. The Morgan fingerprint density at radius 2 is 1.97 bits per heavy atom. The standard InChI is InChI=1S/C22H20N2O5S2/c1-15(30-31-21-4-2-3-11-23-21)17-6-8-18(9-7-17)22(26)29-14-16-5-10-20(24(27)28)19(12-16)13-25/h2-12,15,25H,13-14H2,1H3. The van der Waals surface area contributed by atoms with E-state index in [-0.39, 0.29) is 23.1 Å². The summed E-state index contributed by atoms with van der Waals surface area (Å²) in [5.41, 5.74) is 2.08. The molecule has 0 fully saturated rings. The van der Waals surface area contributed by atoms with Crippen LogP contribution in [0.2, 0.25) is 0 Å². The lowest BCUT2D eigenvalue weighted by atomic mass is 10.1. The molecule has 7 nitrogen and oxygen atoms in total. The zero-order chi connectivity index (χ0) is 22.2. The summed E-state index contributed by atoms with van der Waals surface area (Å²) in [5.74, 6) is -0.487. The number of aromatic nitrogens is 1.